The molecule has 2 aromatic heterocycles. The number of hydrogen-bond donors (Lipinski definition) is 3. The average Bonchev–Trinajstić information content (AvgIpc) is 2.83. The predicted octanol–water partition coefficient (Wildman–Crippen LogP) is 0.916. The molecule has 0 fully saturated rings. The molecule has 0 atom stereocenters. The summed E-state index contributed by atoms with van der Waals surface area (Å²) in [6.45, 7) is 0.315. The predicted molar refractivity (Wildman–Crippen MR) is 74.3 cm³/mol. The van der Waals surface area contributed by atoms with Crippen LogP contribution in [-0.4, -0.2) is 45.8 Å². The first-order valence-corrected chi connectivity index (χ1v) is 6.30. The lowest BCUT2D eigenvalue weighted by Crippen LogP contribution is -2.19. The van der Waals surface area contributed by atoms with Crippen molar-refractivity contribution < 1.29 is 13.2 Å². The minimum absolute atomic E-state index is 0.0266. The molecule has 0 aliphatic carbocycles. The number of nitrogens with zero attached hydrogens (tertiary/aromatic N) is 5. The van der Waals surface area contributed by atoms with Gasteiger partial charge in [0, 0.05) is 33.1 Å². The van der Waals surface area contributed by atoms with Gasteiger partial charge in [-0.05, 0) is 0 Å². The Hall–Kier alpha value is -2.59. The molecular formula is C11H15F3N8. The van der Waals surface area contributed by atoms with Crippen molar-refractivity contribution in [1.29, 1.82) is 0 Å². The molecule has 0 aromatic carbocycles. The number of hydrogen-bond acceptors (Lipinski definition) is 7. The Labute approximate surface area is 124 Å². The molecule has 4 N–H and O–H groups in total. The van der Waals surface area contributed by atoms with Gasteiger partial charge >= 0.3 is 6.18 Å². The summed E-state index contributed by atoms with van der Waals surface area (Å²) in [5.74, 6) is 0.703. The van der Waals surface area contributed by atoms with E-state index in [-0.39, 0.29) is 17.7 Å². The Morgan fingerprint density at radius 2 is 2.00 bits per heavy atom. The molecule has 0 spiro atoms. The Morgan fingerprint density at radius 3 is 2.55 bits per heavy atom. The summed E-state index contributed by atoms with van der Waals surface area (Å²) in [5.41, 5.74) is 4.36. The van der Waals surface area contributed by atoms with Crippen LogP contribution in [0.2, 0.25) is 0 Å². The molecular weight excluding hydrogens is 301 g/mol. The van der Waals surface area contributed by atoms with Gasteiger partial charge in [-0.25, -0.2) is 4.98 Å². The summed E-state index contributed by atoms with van der Waals surface area (Å²) in [7, 11) is 3.13. The standard InChI is InChI=1S/C11H15F3N8/c1-22(2)10-17-6(11(12,13)14)5-8(19-10)16-4-3-7-18-9(15)21-20-7/h5H,3-4H2,1-2H3,(H,16,17,19)(H3,15,18,20,21). The van der Waals surface area contributed by atoms with Crippen molar-refractivity contribution in [1.82, 2.24) is 25.1 Å². The number of nitrogen functional groups attached to an aromatic ring is 1. The third-order valence-electron chi connectivity index (χ3n) is 2.62. The molecule has 2 aromatic rings. The molecule has 0 unspecified atom stereocenters. The van der Waals surface area contributed by atoms with E-state index in [4.69, 9.17) is 5.73 Å². The number of rotatable bonds is 5. The van der Waals surface area contributed by atoms with Gasteiger partial charge in [-0.2, -0.15) is 23.1 Å². The molecule has 0 aliphatic rings. The maximum Gasteiger partial charge on any atom is 0.433 e. The first-order valence-electron chi connectivity index (χ1n) is 6.30. The summed E-state index contributed by atoms with van der Waals surface area (Å²) in [4.78, 5) is 12.8. The van der Waals surface area contributed by atoms with Gasteiger partial charge in [0.1, 0.15) is 11.6 Å². The Bertz CT molecular complexity index is 637. The van der Waals surface area contributed by atoms with E-state index in [1.807, 2.05) is 0 Å². The fraction of sp³-hybridized carbons (Fsp3) is 0.455. The third kappa shape index (κ3) is 3.96. The number of nitrogens with two attached hydrogens (primary N) is 1. The third-order valence-corrected chi connectivity index (χ3v) is 2.62. The highest BCUT2D eigenvalue weighted by atomic mass is 19.4. The Balaban J connectivity index is 2.10. The van der Waals surface area contributed by atoms with E-state index in [2.05, 4.69) is 30.5 Å². The zero-order valence-corrected chi connectivity index (χ0v) is 11.9. The Morgan fingerprint density at radius 1 is 1.27 bits per heavy atom. The second kappa shape index (κ2) is 6.03. The highest BCUT2D eigenvalue weighted by Gasteiger charge is 2.33. The SMILES string of the molecule is CN(C)c1nc(NCCc2nc(N)n[nH]2)cc(C(F)(F)F)n1. The van der Waals surface area contributed by atoms with Crippen LogP contribution >= 0.6 is 0 Å². The minimum atomic E-state index is -4.54. The van der Waals surface area contributed by atoms with Crippen LogP contribution in [0.15, 0.2) is 6.07 Å². The van der Waals surface area contributed by atoms with Crippen LogP contribution in [0, 0.1) is 0 Å². The fourth-order valence-corrected chi connectivity index (χ4v) is 1.60. The van der Waals surface area contributed by atoms with E-state index in [1.165, 1.54) is 4.90 Å². The molecule has 0 bridgehead atoms. The molecule has 0 saturated carbocycles. The monoisotopic (exact) mass is 316 g/mol. The van der Waals surface area contributed by atoms with Gasteiger partial charge in [-0.1, -0.05) is 0 Å². The second-order valence-electron chi connectivity index (χ2n) is 4.65. The van der Waals surface area contributed by atoms with Crippen LogP contribution in [0.5, 0.6) is 0 Å². The van der Waals surface area contributed by atoms with Gasteiger partial charge in [0.15, 0.2) is 5.69 Å². The van der Waals surface area contributed by atoms with E-state index in [0.717, 1.165) is 6.07 Å². The Kier molecular flexibility index (Phi) is 4.33. The fourth-order valence-electron chi connectivity index (χ4n) is 1.60. The molecule has 8 nitrogen and oxygen atoms in total. The van der Waals surface area contributed by atoms with Gasteiger partial charge in [0.2, 0.25) is 11.9 Å². The second-order valence-corrected chi connectivity index (χ2v) is 4.65. The van der Waals surface area contributed by atoms with Crippen LogP contribution < -0.4 is 16.0 Å². The number of nitrogens with one attached hydrogen (secondary N) is 2. The number of halogens is 3. The van der Waals surface area contributed by atoms with Crippen molar-refractivity contribution in [2.75, 3.05) is 36.6 Å². The molecule has 0 amide bonds. The molecule has 11 heteroatoms. The summed E-state index contributed by atoms with van der Waals surface area (Å²) in [6, 6.07) is 0.863. The molecule has 0 aliphatic heterocycles. The molecule has 2 heterocycles. The summed E-state index contributed by atoms with van der Waals surface area (Å²) >= 11 is 0. The lowest BCUT2D eigenvalue weighted by atomic mass is 10.3. The van der Waals surface area contributed by atoms with Crippen molar-refractivity contribution in [2.45, 2.75) is 12.6 Å². The topological polar surface area (TPSA) is 109 Å². The van der Waals surface area contributed by atoms with Crippen molar-refractivity contribution >= 4 is 17.7 Å². The zero-order chi connectivity index (χ0) is 16.3. The van der Waals surface area contributed by atoms with Crippen molar-refractivity contribution in [3.63, 3.8) is 0 Å². The van der Waals surface area contributed by atoms with Crippen LogP contribution in [0.3, 0.4) is 0 Å². The van der Waals surface area contributed by atoms with Crippen LogP contribution in [0.1, 0.15) is 11.5 Å². The lowest BCUT2D eigenvalue weighted by Gasteiger charge is -2.15. The number of alkyl halides is 3. The van der Waals surface area contributed by atoms with Crippen molar-refractivity contribution in [3.8, 4) is 0 Å². The normalized spacial score (nSPS) is 11.5. The summed E-state index contributed by atoms with van der Waals surface area (Å²) < 4.78 is 38.5. The number of aromatic amines is 1. The van der Waals surface area contributed by atoms with Crippen molar-refractivity contribution in [2.24, 2.45) is 0 Å². The van der Waals surface area contributed by atoms with Crippen LogP contribution in [0.4, 0.5) is 30.9 Å². The maximum absolute atomic E-state index is 12.8. The quantitative estimate of drug-likeness (QED) is 0.752. The summed E-state index contributed by atoms with van der Waals surface area (Å²) in [5, 5.41) is 9.07. The number of H-pyrrole nitrogens is 1. The minimum Gasteiger partial charge on any atom is -0.369 e. The average molecular weight is 316 g/mol. The van der Waals surface area contributed by atoms with Gasteiger partial charge < -0.3 is 16.0 Å². The van der Waals surface area contributed by atoms with Gasteiger partial charge in [-0.15, -0.1) is 5.10 Å². The molecule has 0 radical (unpaired) electrons. The van der Waals surface area contributed by atoms with Gasteiger partial charge in [0.05, 0.1) is 0 Å². The zero-order valence-electron chi connectivity index (χ0n) is 11.9. The number of aromatic nitrogens is 5. The van der Waals surface area contributed by atoms with E-state index in [1.54, 1.807) is 14.1 Å². The van der Waals surface area contributed by atoms with Crippen molar-refractivity contribution in [3.05, 3.63) is 17.6 Å². The molecule has 120 valence electrons. The number of anilines is 3. The maximum atomic E-state index is 12.8. The van der Waals surface area contributed by atoms with E-state index in [9.17, 15) is 13.2 Å². The van der Waals surface area contributed by atoms with Gasteiger partial charge in [-0.3, -0.25) is 5.10 Å². The van der Waals surface area contributed by atoms with E-state index in [0.29, 0.717) is 18.8 Å². The molecule has 22 heavy (non-hydrogen) atoms. The van der Waals surface area contributed by atoms with E-state index >= 15 is 0 Å². The smallest absolute Gasteiger partial charge is 0.369 e. The van der Waals surface area contributed by atoms with E-state index < -0.39 is 11.9 Å². The lowest BCUT2D eigenvalue weighted by molar-refractivity contribution is -0.141. The van der Waals surface area contributed by atoms with Crippen LogP contribution in [0.25, 0.3) is 0 Å². The first-order chi connectivity index (χ1) is 10.3. The highest BCUT2D eigenvalue weighted by Crippen LogP contribution is 2.29. The van der Waals surface area contributed by atoms with Gasteiger partial charge in [0.25, 0.3) is 0 Å². The summed E-state index contributed by atoms with van der Waals surface area (Å²) in [6.07, 6.45) is -4.13. The molecule has 2 rings (SSSR count). The first kappa shape index (κ1) is 15.8. The highest BCUT2D eigenvalue weighted by molar-refractivity contribution is 5.43. The molecule has 0 saturated heterocycles. The van der Waals surface area contributed by atoms with Crippen LogP contribution in [-0.2, 0) is 12.6 Å². The largest absolute Gasteiger partial charge is 0.433 e.